The maximum Gasteiger partial charge on any atom is 0.241 e. The normalized spacial score (nSPS) is 31.6. The molecule has 7 heteroatoms. The predicted molar refractivity (Wildman–Crippen MR) is 146 cm³/mol. The van der Waals surface area contributed by atoms with E-state index in [4.69, 9.17) is 4.74 Å². The van der Waals surface area contributed by atoms with Gasteiger partial charge in [-0.3, -0.25) is 14.6 Å². The van der Waals surface area contributed by atoms with Crippen LogP contribution in [0.3, 0.4) is 0 Å². The van der Waals surface area contributed by atoms with Crippen LogP contribution in [0.4, 0.5) is 0 Å². The van der Waals surface area contributed by atoms with Crippen molar-refractivity contribution in [1.82, 2.24) is 24.9 Å². The van der Waals surface area contributed by atoms with Gasteiger partial charge in [0.2, 0.25) is 5.91 Å². The number of amides is 1. The van der Waals surface area contributed by atoms with Gasteiger partial charge in [0.15, 0.2) is 0 Å². The fourth-order valence-corrected chi connectivity index (χ4v) is 6.51. The van der Waals surface area contributed by atoms with Crippen LogP contribution in [0, 0.1) is 5.41 Å². The summed E-state index contributed by atoms with van der Waals surface area (Å²) in [6.07, 6.45) is 5.55. The molecule has 0 aromatic rings. The van der Waals surface area contributed by atoms with Crippen LogP contribution in [0.15, 0.2) is 35.3 Å². The van der Waals surface area contributed by atoms with Crippen molar-refractivity contribution < 1.29 is 9.53 Å². The lowest BCUT2D eigenvalue weighted by atomic mass is 9.87. The van der Waals surface area contributed by atoms with Crippen molar-refractivity contribution >= 4 is 5.91 Å². The lowest BCUT2D eigenvalue weighted by molar-refractivity contribution is -0.132. The molecule has 0 bridgehead atoms. The summed E-state index contributed by atoms with van der Waals surface area (Å²) in [6.45, 7) is 23.3. The Morgan fingerprint density at radius 3 is 2.58 bits per heavy atom. The van der Waals surface area contributed by atoms with Crippen LogP contribution in [0.2, 0.25) is 0 Å². The fraction of sp³-hybridized carbons (Fsp3) is 0.759. The standard InChI is InChI=1S/C29H49N5O2/c1-9-10-11-24-12-26-28(31(8)23(24)5)29(6,7)19-34(26)27(35)16-32-14-20(2)30-13-25(32)15-33-21(3)17-36-18-22(33)4/h12,20-22,25,30H,5,9-11,13-19H2,1-4,6-8H3/t20-,21-,22-,25-/m1/s1. The molecule has 0 aromatic carbocycles. The molecule has 1 N–H and O–H groups in total. The van der Waals surface area contributed by atoms with Crippen molar-refractivity contribution in [3.63, 3.8) is 0 Å². The summed E-state index contributed by atoms with van der Waals surface area (Å²) in [7, 11) is 2.12. The molecule has 0 spiro atoms. The molecule has 7 nitrogen and oxygen atoms in total. The van der Waals surface area contributed by atoms with Crippen LogP contribution < -0.4 is 5.32 Å². The van der Waals surface area contributed by atoms with Crippen LogP contribution in [0.5, 0.6) is 0 Å². The van der Waals surface area contributed by atoms with Crippen molar-refractivity contribution in [1.29, 1.82) is 0 Å². The number of piperazine rings is 1. The van der Waals surface area contributed by atoms with E-state index in [1.54, 1.807) is 0 Å². The summed E-state index contributed by atoms with van der Waals surface area (Å²) in [5.74, 6) is 0.210. The summed E-state index contributed by atoms with van der Waals surface area (Å²) >= 11 is 0. The average molecular weight is 500 g/mol. The molecule has 1 amide bonds. The Balaban J connectivity index is 1.53. The molecule has 2 saturated heterocycles. The van der Waals surface area contributed by atoms with Crippen molar-refractivity contribution in [3.05, 3.63) is 35.3 Å². The van der Waals surface area contributed by atoms with Crippen LogP contribution in [-0.2, 0) is 9.53 Å². The molecule has 4 heterocycles. The minimum atomic E-state index is -0.107. The van der Waals surface area contributed by atoms with Gasteiger partial charge in [0.25, 0.3) is 0 Å². The third-order valence-electron chi connectivity index (χ3n) is 8.59. The van der Waals surface area contributed by atoms with Crippen LogP contribution in [0.25, 0.3) is 0 Å². The molecular weight excluding hydrogens is 450 g/mol. The molecule has 4 aliphatic rings. The van der Waals surface area contributed by atoms with E-state index in [9.17, 15) is 4.79 Å². The topological polar surface area (TPSA) is 51.3 Å². The van der Waals surface area contributed by atoms with E-state index in [0.717, 1.165) is 70.0 Å². The molecule has 4 rings (SSSR count). The highest BCUT2D eigenvalue weighted by Crippen LogP contribution is 2.46. The van der Waals surface area contributed by atoms with Crippen molar-refractivity contribution in [2.75, 3.05) is 53.0 Å². The molecule has 2 fully saturated rings. The molecule has 0 aliphatic carbocycles. The van der Waals surface area contributed by atoms with Gasteiger partial charge in [-0.1, -0.05) is 33.8 Å². The number of ether oxygens (including phenoxy) is 1. The third-order valence-corrected chi connectivity index (χ3v) is 8.59. The summed E-state index contributed by atoms with van der Waals surface area (Å²) in [5.41, 5.74) is 4.54. The lowest BCUT2D eigenvalue weighted by Crippen LogP contribution is -2.63. The van der Waals surface area contributed by atoms with Gasteiger partial charge in [-0.25, -0.2) is 0 Å². The number of hydrogen-bond acceptors (Lipinski definition) is 6. The quantitative estimate of drug-likeness (QED) is 0.579. The van der Waals surface area contributed by atoms with Crippen LogP contribution >= 0.6 is 0 Å². The number of carbonyl (C=O) groups is 1. The van der Waals surface area contributed by atoms with Gasteiger partial charge in [0.1, 0.15) is 0 Å². The van der Waals surface area contributed by atoms with Gasteiger partial charge >= 0.3 is 0 Å². The number of unbranched alkanes of at least 4 members (excludes halogenated alkanes) is 1. The predicted octanol–water partition coefficient (Wildman–Crippen LogP) is 3.41. The lowest BCUT2D eigenvalue weighted by Gasteiger charge is -2.46. The summed E-state index contributed by atoms with van der Waals surface area (Å²) in [4.78, 5) is 23.3. The summed E-state index contributed by atoms with van der Waals surface area (Å²) in [5, 5.41) is 3.66. The molecule has 36 heavy (non-hydrogen) atoms. The second-order valence-electron chi connectivity index (χ2n) is 12.2. The molecule has 202 valence electrons. The first kappa shape index (κ1) is 27.4. The maximum absolute atomic E-state index is 14.0. The second kappa shape index (κ2) is 11.0. The zero-order valence-electron chi connectivity index (χ0n) is 23.8. The fourth-order valence-electron chi connectivity index (χ4n) is 6.51. The molecule has 4 atom stereocenters. The molecule has 0 saturated carbocycles. The smallest absolute Gasteiger partial charge is 0.241 e. The van der Waals surface area contributed by atoms with E-state index in [1.165, 1.54) is 11.3 Å². The monoisotopic (exact) mass is 499 g/mol. The molecule has 4 aliphatic heterocycles. The zero-order valence-corrected chi connectivity index (χ0v) is 23.8. The van der Waals surface area contributed by atoms with Crippen molar-refractivity contribution in [2.45, 2.75) is 85.0 Å². The minimum absolute atomic E-state index is 0.107. The van der Waals surface area contributed by atoms with E-state index in [0.29, 0.717) is 30.7 Å². The number of nitrogens with one attached hydrogen (secondary N) is 1. The van der Waals surface area contributed by atoms with Gasteiger partial charge in [0, 0.05) is 74.2 Å². The molecular formula is C29H49N5O2. The number of allylic oxidation sites excluding steroid dienone is 2. The van der Waals surface area contributed by atoms with Gasteiger partial charge in [-0.05, 0) is 45.3 Å². The van der Waals surface area contributed by atoms with E-state index >= 15 is 0 Å². The first-order valence-corrected chi connectivity index (χ1v) is 14.0. The van der Waals surface area contributed by atoms with E-state index in [2.05, 4.69) is 86.2 Å². The van der Waals surface area contributed by atoms with Gasteiger partial charge in [-0.2, -0.15) is 0 Å². The van der Waals surface area contributed by atoms with Crippen LogP contribution in [0.1, 0.15) is 60.8 Å². The Labute approximate surface area is 219 Å². The highest BCUT2D eigenvalue weighted by molar-refractivity contribution is 5.82. The molecule has 0 unspecified atom stereocenters. The molecule has 0 radical (unpaired) electrons. The summed E-state index contributed by atoms with van der Waals surface area (Å²) in [6, 6.07) is 1.48. The van der Waals surface area contributed by atoms with Gasteiger partial charge in [-0.15, -0.1) is 0 Å². The minimum Gasteiger partial charge on any atom is -0.378 e. The third kappa shape index (κ3) is 5.45. The van der Waals surface area contributed by atoms with Crippen molar-refractivity contribution in [2.24, 2.45) is 5.41 Å². The second-order valence-corrected chi connectivity index (χ2v) is 12.2. The number of carbonyl (C=O) groups excluding carboxylic acids is 1. The highest BCUT2D eigenvalue weighted by atomic mass is 16.5. The van der Waals surface area contributed by atoms with E-state index < -0.39 is 0 Å². The maximum atomic E-state index is 14.0. The van der Waals surface area contributed by atoms with Gasteiger partial charge < -0.3 is 19.9 Å². The number of morpholine rings is 1. The number of hydrogen-bond donors (Lipinski definition) is 1. The Morgan fingerprint density at radius 2 is 1.92 bits per heavy atom. The number of nitrogens with zero attached hydrogens (tertiary/aromatic N) is 4. The van der Waals surface area contributed by atoms with E-state index in [1.807, 2.05) is 0 Å². The Kier molecular flexibility index (Phi) is 8.35. The van der Waals surface area contributed by atoms with Crippen LogP contribution in [-0.4, -0.2) is 103 Å². The Morgan fingerprint density at radius 1 is 1.22 bits per heavy atom. The first-order chi connectivity index (χ1) is 17.0. The highest BCUT2D eigenvalue weighted by Gasteiger charge is 2.44. The first-order valence-electron chi connectivity index (χ1n) is 14.0. The van der Waals surface area contributed by atoms with Crippen molar-refractivity contribution in [3.8, 4) is 0 Å². The van der Waals surface area contributed by atoms with E-state index in [-0.39, 0.29) is 11.3 Å². The Hall–Kier alpha value is -1.67. The average Bonchev–Trinajstić information content (AvgIpc) is 3.09. The Bertz CT molecular complexity index is 899. The zero-order chi connectivity index (χ0) is 26.2. The molecule has 0 aromatic heterocycles. The number of rotatable bonds is 7. The summed E-state index contributed by atoms with van der Waals surface area (Å²) < 4.78 is 5.76. The van der Waals surface area contributed by atoms with Gasteiger partial charge in [0.05, 0.1) is 25.5 Å². The SMILES string of the molecule is C=C1C(CCCC)=CC2=C(N1C)C(C)(C)CN2C(=O)CN1C[C@@H](C)NC[C@@H]1CN1[C@H](C)COC[C@H]1C. The number of likely N-dealkylation sites (N-methyl/N-ethyl adjacent to an activating group) is 1. The largest absolute Gasteiger partial charge is 0.378 e.